The van der Waals surface area contributed by atoms with Crippen molar-refractivity contribution in [2.75, 3.05) is 11.9 Å². The fraction of sp³-hybridized carbons (Fsp3) is 0.111. The number of anilines is 1. The van der Waals surface area contributed by atoms with Gasteiger partial charge in [0, 0.05) is 41.9 Å². The van der Waals surface area contributed by atoms with Crippen molar-refractivity contribution >= 4 is 74.4 Å². The van der Waals surface area contributed by atoms with Crippen LogP contribution in [-0.2, 0) is 13.0 Å². The number of rotatable bonds is 12. The number of hydrogen-bond donors (Lipinski definition) is 0. The van der Waals surface area contributed by atoms with E-state index in [0.29, 0.717) is 13.0 Å². The number of allylic oxidation sites excluding steroid dienone is 9. The van der Waals surface area contributed by atoms with Crippen LogP contribution in [0.2, 0.25) is 0 Å². The van der Waals surface area contributed by atoms with Crippen molar-refractivity contribution in [2.45, 2.75) is 33.2 Å². The molecule has 2 aromatic heterocycles. The Kier molecular flexibility index (Phi) is 11.1. The van der Waals surface area contributed by atoms with Crippen LogP contribution in [0.5, 0.6) is 0 Å². The van der Waals surface area contributed by atoms with Crippen LogP contribution < -0.4 is 4.90 Å². The zero-order valence-electron chi connectivity index (χ0n) is 33.5. The van der Waals surface area contributed by atoms with Crippen molar-refractivity contribution in [3.05, 3.63) is 198 Å². The summed E-state index contributed by atoms with van der Waals surface area (Å²) in [6, 6.07) is 29.5. The van der Waals surface area contributed by atoms with Gasteiger partial charge in [0.05, 0.1) is 28.7 Å². The minimum Gasteiger partial charge on any atom is -0.464 e. The van der Waals surface area contributed by atoms with E-state index in [1.165, 1.54) is 27.5 Å². The first-order chi connectivity index (χ1) is 28.5. The van der Waals surface area contributed by atoms with E-state index in [4.69, 9.17) is 14.4 Å². The molecule has 0 atom stereocenters. The molecule has 1 aliphatic rings. The lowest BCUT2D eigenvalue weighted by Crippen LogP contribution is -2.19. The standard InChI is InChI=1S/C54H47N3O/c1-6-10-14-22-40-36-58-51-34-41(29-33-43(40)51)57(5)35-48-44(23-12-8-3)46-31-26-37(19-11-7-2)42(9-4)52(46)47-32-28-39(27-30-45(47)48)54-53(38-20-15-13-16-21-38)55-49-24-17-18-25-50(49)56-54/h6,8-31,33-34,36H,3-4,7,32,35H2,1-2,5H3/b10-6-,19-11-,22-14-,23-12-. The molecule has 0 unspecified atom stereocenters. The van der Waals surface area contributed by atoms with Gasteiger partial charge in [-0.3, -0.25) is 0 Å². The minimum absolute atomic E-state index is 0.654. The van der Waals surface area contributed by atoms with E-state index in [2.05, 4.69) is 129 Å². The van der Waals surface area contributed by atoms with Gasteiger partial charge in [0.1, 0.15) is 5.58 Å². The molecule has 0 radical (unpaired) electrons. The van der Waals surface area contributed by atoms with Gasteiger partial charge in [-0.05, 0) is 93.8 Å². The molecular formula is C54H47N3O. The molecule has 0 N–H and O–H groups in total. The summed E-state index contributed by atoms with van der Waals surface area (Å²) >= 11 is 0. The lowest BCUT2D eigenvalue weighted by molar-refractivity contribution is 0.615. The normalized spacial score (nSPS) is 13.1. The van der Waals surface area contributed by atoms with Gasteiger partial charge in [-0.15, -0.1) is 0 Å². The van der Waals surface area contributed by atoms with Crippen LogP contribution in [0.15, 0.2) is 157 Å². The van der Waals surface area contributed by atoms with E-state index in [-0.39, 0.29) is 0 Å². The Bertz CT molecular complexity index is 2880. The second kappa shape index (κ2) is 17.0. The molecule has 0 fully saturated rings. The van der Waals surface area contributed by atoms with Crippen molar-refractivity contribution in [1.29, 1.82) is 0 Å². The van der Waals surface area contributed by atoms with Crippen molar-refractivity contribution < 1.29 is 4.42 Å². The van der Waals surface area contributed by atoms with Gasteiger partial charge in [-0.1, -0.05) is 154 Å². The molecule has 1 aliphatic carbocycles. The highest BCUT2D eigenvalue weighted by Gasteiger charge is 2.23. The van der Waals surface area contributed by atoms with Crippen molar-refractivity contribution in [3.63, 3.8) is 0 Å². The SMILES string of the molecule is C=C/C=C\c1c(CN(C)c2ccc3c(/C=C\C=C/C)coc3c2)c2c(c3c(C=C)c(/C=C\CC)ccc13)CC=C(c1nc3ccccc3nc1-c1ccccc1)C=C2. The fourth-order valence-corrected chi connectivity index (χ4v) is 7.99. The lowest BCUT2D eigenvalue weighted by atomic mass is 9.84. The molecule has 0 amide bonds. The van der Waals surface area contributed by atoms with Crippen molar-refractivity contribution in [1.82, 2.24) is 9.97 Å². The van der Waals surface area contributed by atoms with Crippen LogP contribution in [0.1, 0.15) is 64.9 Å². The van der Waals surface area contributed by atoms with E-state index in [0.717, 1.165) is 78.9 Å². The largest absolute Gasteiger partial charge is 0.464 e. The number of nitrogens with zero attached hydrogens (tertiary/aromatic N) is 3. The van der Waals surface area contributed by atoms with Gasteiger partial charge in [-0.2, -0.15) is 0 Å². The maximum atomic E-state index is 6.08. The first-order valence-corrected chi connectivity index (χ1v) is 20.0. The predicted molar refractivity (Wildman–Crippen MR) is 250 cm³/mol. The summed E-state index contributed by atoms with van der Waals surface area (Å²) in [6.07, 6.45) is 31.1. The number of hydrogen-bond acceptors (Lipinski definition) is 4. The monoisotopic (exact) mass is 753 g/mol. The first kappa shape index (κ1) is 37.9. The van der Waals surface area contributed by atoms with Crippen LogP contribution >= 0.6 is 0 Å². The van der Waals surface area contributed by atoms with Crippen molar-refractivity contribution in [2.24, 2.45) is 0 Å². The molecule has 0 spiro atoms. The zero-order valence-corrected chi connectivity index (χ0v) is 33.5. The van der Waals surface area contributed by atoms with E-state index in [1.807, 2.05) is 80.0 Å². The van der Waals surface area contributed by atoms with Gasteiger partial charge in [0.2, 0.25) is 0 Å². The third-order valence-electron chi connectivity index (χ3n) is 10.8. The van der Waals surface area contributed by atoms with Crippen molar-refractivity contribution in [3.8, 4) is 11.3 Å². The summed E-state index contributed by atoms with van der Waals surface area (Å²) < 4.78 is 6.08. The Labute approximate surface area is 341 Å². The number of fused-ring (bicyclic) bond motifs is 5. The Morgan fingerprint density at radius 3 is 2.31 bits per heavy atom. The highest BCUT2D eigenvalue weighted by molar-refractivity contribution is 6.05. The average Bonchev–Trinajstić information content (AvgIpc) is 3.53. The topological polar surface area (TPSA) is 42.2 Å². The quantitative estimate of drug-likeness (QED) is 0.117. The zero-order chi connectivity index (χ0) is 40.0. The molecule has 8 rings (SSSR count). The summed E-state index contributed by atoms with van der Waals surface area (Å²) in [5.41, 5.74) is 15.7. The van der Waals surface area contributed by atoms with E-state index < -0.39 is 0 Å². The summed E-state index contributed by atoms with van der Waals surface area (Å²) in [5, 5.41) is 3.48. The second-order valence-electron chi connectivity index (χ2n) is 14.5. The van der Waals surface area contributed by atoms with Crippen LogP contribution in [0.3, 0.4) is 0 Å². The smallest absolute Gasteiger partial charge is 0.136 e. The molecule has 0 bridgehead atoms. The van der Waals surface area contributed by atoms with Gasteiger partial charge in [0.25, 0.3) is 0 Å². The number of aromatic nitrogens is 2. The van der Waals surface area contributed by atoms with Crippen LogP contribution in [-0.4, -0.2) is 17.0 Å². The molecule has 0 saturated heterocycles. The first-order valence-electron chi connectivity index (χ1n) is 20.0. The highest BCUT2D eigenvalue weighted by atomic mass is 16.3. The highest BCUT2D eigenvalue weighted by Crippen LogP contribution is 2.41. The maximum absolute atomic E-state index is 6.08. The lowest BCUT2D eigenvalue weighted by Gasteiger charge is -2.26. The molecule has 5 aromatic carbocycles. The van der Waals surface area contributed by atoms with Gasteiger partial charge in [-0.25, -0.2) is 9.97 Å². The summed E-state index contributed by atoms with van der Waals surface area (Å²) in [5.74, 6) is 0. The molecule has 0 saturated carbocycles. The maximum Gasteiger partial charge on any atom is 0.136 e. The molecule has 4 heteroatoms. The summed E-state index contributed by atoms with van der Waals surface area (Å²) in [4.78, 5) is 12.8. The number of benzene rings is 5. The summed E-state index contributed by atoms with van der Waals surface area (Å²) in [6.45, 7) is 13.3. The molecule has 4 nitrogen and oxygen atoms in total. The molecule has 0 aliphatic heterocycles. The average molecular weight is 754 g/mol. The molecule has 7 aromatic rings. The van der Waals surface area contributed by atoms with Crippen LogP contribution in [0.4, 0.5) is 5.69 Å². The molecule has 2 heterocycles. The second-order valence-corrected chi connectivity index (χ2v) is 14.5. The van der Waals surface area contributed by atoms with Crippen LogP contribution in [0, 0.1) is 0 Å². The molecular weight excluding hydrogens is 707 g/mol. The predicted octanol–water partition coefficient (Wildman–Crippen LogP) is 14.3. The van der Waals surface area contributed by atoms with E-state index in [9.17, 15) is 0 Å². The number of furan rings is 1. The third-order valence-corrected chi connectivity index (χ3v) is 10.8. The summed E-state index contributed by atoms with van der Waals surface area (Å²) in [7, 11) is 2.16. The van der Waals surface area contributed by atoms with Crippen LogP contribution in [0.25, 0.3) is 80.0 Å². The molecule has 58 heavy (non-hydrogen) atoms. The Hall–Kier alpha value is -7.04. The number of para-hydroxylation sites is 2. The van der Waals surface area contributed by atoms with E-state index in [1.54, 1.807) is 0 Å². The Morgan fingerprint density at radius 2 is 1.55 bits per heavy atom. The van der Waals surface area contributed by atoms with Gasteiger partial charge >= 0.3 is 0 Å². The Balaban J connectivity index is 1.33. The molecule has 284 valence electrons. The Morgan fingerprint density at radius 1 is 0.776 bits per heavy atom. The third kappa shape index (κ3) is 7.33. The van der Waals surface area contributed by atoms with E-state index >= 15 is 0 Å². The fourth-order valence-electron chi connectivity index (χ4n) is 7.99. The minimum atomic E-state index is 0.654. The van der Waals surface area contributed by atoms with Gasteiger partial charge < -0.3 is 9.32 Å². The van der Waals surface area contributed by atoms with Gasteiger partial charge in [0.15, 0.2) is 0 Å².